The number of thioether (sulfide) groups is 1. The SMILES string of the molecule is CCSc1cc(C2(Cc3nncn3C)COC2)cc(N2Cc3c(cc(C[N+]4(CNC(=O)[C@H](C)NC(=O)OC(C)(C)C)CCC[C@H](C)C4)cc3C(F)(F)F)C2=O)n1. The quantitative estimate of drug-likeness (QED) is 0.173. The molecule has 56 heavy (non-hydrogen) atoms. The van der Waals surface area contributed by atoms with Gasteiger partial charge in [-0.05, 0) is 81.7 Å². The van der Waals surface area contributed by atoms with Crippen molar-refractivity contribution in [2.45, 2.75) is 102 Å². The summed E-state index contributed by atoms with van der Waals surface area (Å²) < 4.78 is 57.9. The zero-order valence-corrected chi connectivity index (χ0v) is 33.9. The number of piperidine rings is 1. The van der Waals surface area contributed by atoms with Crippen LogP contribution >= 0.6 is 11.8 Å². The number of fused-ring (bicyclic) bond motifs is 1. The summed E-state index contributed by atoms with van der Waals surface area (Å²) in [5.41, 5.74) is -0.928. The minimum Gasteiger partial charge on any atom is -0.444 e. The molecule has 3 aliphatic rings. The fourth-order valence-electron chi connectivity index (χ4n) is 7.94. The number of hydrogen-bond donors (Lipinski definition) is 2. The van der Waals surface area contributed by atoms with Gasteiger partial charge in [0, 0.05) is 35.9 Å². The zero-order valence-electron chi connectivity index (χ0n) is 33.1. The van der Waals surface area contributed by atoms with Gasteiger partial charge in [-0.25, -0.2) is 9.78 Å². The molecule has 0 radical (unpaired) electrons. The van der Waals surface area contributed by atoms with E-state index in [0.717, 1.165) is 30.3 Å². The smallest absolute Gasteiger partial charge is 0.416 e. The maximum Gasteiger partial charge on any atom is 0.416 e. The number of ether oxygens (including phenoxy) is 2. The van der Waals surface area contributed by atoms with E-state index in [1.165, 1.54) is 16.7 Å². The number of nitrogens with one attached hydrogen (secondary N) is 2. The second-order valence-electron chi connectivity index (χ2n) is 16.6. The van der Waals surface area contributed by atoms with Gasteiger partial charge in [0.15, 0.2) is 6.67 Å². The topological polar surface area (TPSA) is 141 Å². The number of carbonyl (C=O) groups is 3. The molecule has 2 aromatic heterocycles. The Kier molecular flexibility index (Phi) is 11.8. The molecule has 1 unspecified atom stereocenters. The number of benzene rings is 1. The molecule has 3 aromatic rings. The van der Waals surface area contributed by atoms with Crippen molar-refractivity contribution in [1.29, 1.82) is 0 Å². The molecule has 0 spiro atoms. The number of pyridine rings is 1. The number of anilines is 1. The molecule has 0 bridgehead atoms. The summed E-state index contributed by atoms with van der Waals surface area (Å²) in [7, 11) is 1.87. The second kappa shape index (κ2) is 16.0. The Balaban J connectivity index is 1.29. The van der Waals surface area contributed by atoms with Crippen molar-refractivity contribution in [3.63, 3.8) is 0 Å². The van der Waals surface area contributed by atoms with Gasteiger partial charge < -0.3 is 29.2 Å². The number of aromatic nitrogens is 4. The van der Waals surface area contributed by atoms with Crippen molar-refractivity contribution in [1.82, 2.24) is 30.4 Å². The molecule has 3 aliphatic heterocycles. The number of likely N-dealkylation sites (tertiary alicyclic amines) is 1. The fourth-order valence-corrected chi connectivity index (χ4v) is 8.61. The number of halogens is 3. The van der Waals surface area contributed by atoms with Gasteiger partial charge in [-0.3, -0.25) is 14.5 Å². The average molecular weight is 802 g/mol. The lowest BCUT2D eigenvalue weighted by Gasteiger charge is -2.44. The van der Waals surface area contributed by atoms with Gasteiger partial charge >= 0.3 is 12.3 Å². The monoisotopic (exact) mass is 801 g/mol. The van der Waals surface area contributed by atoms with Crippen LogP contribution in [0, 0.1) is 5.92 Å². The van der Waals surface area contributed by atoms with Crippen LogP contribution in [0.5, 0.6) is 0 Å². The number of aryl methyl sites for hydroxylation is 1. The third-order valence-electron chi connectivity index (χ3n) is 10.7. The highest BCUT2D eigenvalue weighted by Gasteiger charge is 2.45. The van der Waals surface area contributed by atoms with Crippen LogP contribution in [0.2, 0.25) is 0 Å². The molecular weight excluding hydrogens is 750 g/mol. The summed E-state index contributed by atoms with van der Waals surface area (Å²) in [5.74, 6) is 1.01. The van der Waals surface area contributed by atoms with E-state index in [0.29, 0.717) is 49.1 Å². The normalized spacial score (nSPS) is 21.3. The Morgan fingerprint density at radius 3 is 2.54 bits per heavy atom. The highest BCUT2D eigenvalue weighted by Crippen LogP contribution is 2.43. The molecule has 17 heteroatoms. The molecule has 304 valence electrons. The van der Waals surface area contributed by atoms with Crippen molar-refractivity contribution in [2.24, 2.45) is 13.0 Å². The molecule has 13 nitrogen and oxygen atoms in total. The first-order valence-electron chi connectivity index (χ1n) is 19.0. The first-order chi connectivity index (χ1) is 26.3. The van der Waals surface area contributed by atoms with Gasteiger partial charge in [0.25, 0.3) is 5.91 Å². The minimum absolute atomic E-state index is 0.00470. The van der Waals surface area contributed by atoms with Gasteiger partial charge in [-0.1, -0.05) is 13.8 Å². The van der Waals surface area contributed by atoms with Crippen LogP contribution in [0.15, 0.2) is 35.6 Å². The molecule has 0 aliphatic carbocycles. The van der Waals surface area contributed by atoms with E-state index in [4.69, 9.17) is 14.5 Å². The van der Waals surface area contributed by atoms with Gasteiger partial charge in [0.1, 0.15) is 36.2 Å². The molecule has 6 rings (SSSR count). The van der Waals surface area contributed by atoms with Crippen molar-refractivity contribution in [2.75, 3.05) is 43.6 Å². The maximum atomic E-state index is 14.9. The Morgan fingerprint density at radius 1 is 1.18 bits per heavy atom. The van der Waals surface area contributed by atoms with E-state index in [-0.39, 0.29) is 47.1 Å². The van der Waals surface area contributed by atoms with Crippen molar-refractivity contribution >= 4 is 35.5 Å². The van der Waals surface area contributed by atoms with E-state index < -0.39 is 46.7 Å². The van der Waals surface area contributed by atoms with Crippen molar-refractivity contribution < 1.29 is 41.5 Å². The standard InChI is InChI=1S/C39H51F3N8O5S/c1-8-56-33-15-27(38(20-54-21-38)16-32-47-44-22-48(32)7)14-31(46-33)49-17-29-28(35(49)52)12-26(13-30(29)39(40,41)42)19-50(11-9-10-24(2)18-50)23-43-34(51)25(3)45-36(53)55-37(4,5)6/h12-15,22,24-25H,8-11,16-21,23H2,1-7H3,(H-,43,45,51,53)/p+1/t24-,25-,50?/m0/s1. The third-order valence-corrected chi connectivity index (χ3v) is 11.5. The fraction of sp³-hybridized carbons (Fsp3) is 0.590. The first-order valence-corrected chi connectivity index (χ1v) is 20.0. The number of alkyl halides is 3. The molecule has 2 saturated heterocycles. The molecular formula is C39H52F3N8O5S+. The largest absolute Gasteiger partial charge is 0.444 e. The number of alkyl carbamates (subject to hydrolysis) is 1. The number of amides is 3. The second-order valence-corrected chi connectivity index (χ2v) is 17.9. The summed E-state index contributed by atoms with van der Waals surface area (Å²) >= 11 is 1.49. The summed E-state index contributed by atoms with van der Waals surface area (Å²) in [6, 6.07) is 5.61. The van der Waals surface area contributed by atoms with Gasteiger partial charge in [0.2, 0.25) is 5.91 Å². The molecule has 3 atom stereocenters. The van der Waals surface area contributed by atoms with E-state index in [1.807, 2.05) is 24.6 Å². The van der Waals surface area contributed by atoms with Crippen LogP contribution < -0.4 is 15.5 Å². The summed E-state index contributed by atoms with van der Waals surface area (Å²) in [6.07, 6.45) is -1.54. The predicted octanol–water partition coefficient (Wildman–Crippen LogP) is 5.75. The summed E-state index contributed by atoms with van der Waals surface area (Å²) in [6.45, 7) is 12.8. The number of rotatable bonds is 12. The van der Waals surface area contributed by atoms with Gasteiger partial charge in [0.05, 0.1) is 43.4 Å². The summed E-state index contributed by atoms with van der Waals surface area (Å²) in [5, 5.41) is 14.4. The van der Waals surface area contributed by atoms with Crippen LogP contribution in [0.3, 0.4) is 0 Å². The highest BCUT2D eigenvalue weighted by atomic mass is 32.2. The van der Waals surface area contributed by atoms with Crippen LogP contribution in [0.4, 0.5) is 23.8 Å². The number of carbonyl (C=O) groups excluding carboxylic acids is 3. The third kappa shape index (κ3) is 9.15. The average Bonchev–Trinajstić information content (AvgIpc) is 3.65. The first kappa shape index (κ1) is 41.4. The number of quaternary nitrogens is 1. The Bertz CT molecular complexity index is 1960. The molecule has 3 amide bonds. The molecule has 5 heterocycles. The van der Waals surface area contributed by atoms with Crippen LogP contribution in [0.25, 0.3) is 0 Å². The lowest BCUT2D eigenvalue weighted by molar-refractivity contribution is -0.949. The van der Waals surface area contributed by atoms with E-state index in [2.05, 4.69) is 27.8 Å². The molecule has 2 fully saturated rings. The zero-order chi connectivity index (χ0) is 40.6. The predicted molar refractivity (Wildman–Crippen MR) is 204 cm³/mol. The van der Waals surface area contributed by atoms with Gasteiger partial charge in [-0.15, -0.1) is 22.0 Å². The Morgan fingerprint density at radius 2 is 1.93 bits per heavy atom. The molecule has 2 N–H and O–H groups in total. The van der Waals surface area contributed by atoms with E-state index in [9.17, 15) is 27.6 Å². The molecule has 1 aromatic carbocycles. The van der Waals surface area contributed by atoms with Crippen LogP contribution in [0.1, 0.15) is 92.8 Å². The lowest BCUT2D eigenvalue weighted by Crippen LogP contribution is -2.59. The van der Waals surface area contributed by atoms with E-state index >= 15 is 0 Å². The lowest BCUT2D eigenvalue weighted by atomic mass is 9.76. The van der Waals surface area contributed by atoms with Crippen LogP contribution in [-0.2, 0) is 52.4 Å². The van der Waals surface area contributed by atoms with Gasteiger partial charge in [-0.2, -0.15) is 13.2 Å². The summed E-state index contributed by atoms with van der Waals surface area (Å²) in [4.78, 5) is 45.9. The van der Waals surface area contributed by atoms with Crippen LogP contribution in [-0.4, -0.2) is 92.5 Å². The minimum atomic E-state index is -4.73. The number of nitrogens with zero attached hydrogens (tertiary/aromatic N) is 6. The van der Waals surface area contributed by atoms with E-state index in [1.54, 1.807) is 46.2 Å². The maximum absolute atomic E-state index is 14.9. The number of hydrogen-bond acceptors (Lipinski definition) is 9. The van der Waals surface area contributed by atoms with Crippen molar-refractivity contribution in [3.05, 3.63) is 64.2 Å². The molecule has 0 saturated carbocycles. The highest BCUT2D eigenvalue weighted by molar-refractivity contribution is 7.99. The van der Waals surface area contributed by atoms with Crippen molar-refractivity contribution in [3.8, 4) is 0 Å². The Hall–Kier alpha value is -4.22. The Labute approximate surface area is 329 Å².